The smallest absolute Gasteiger partial charge is 0.186 e. The number of phenolic OH excluding ortho intramolecular Hbond substituents is 1. The fraction of sp³-hybridized carbons (Fsp3) is 0.385. The molecule has 4 atom stereocenters. The number of phenols is 1. The molecule has 0 radical (unpaired) electrons. The summed E-state index contributed by atoms with van der Waals surface area (Å²) in [4.78, 5) is 2.43. The van der Waals surface area contributed by atoms with Gasteiger partial charge in [0.1, 0.15) is 5.69 Å². The molecule has 2 aromatic carbocycles. The van der Waals surface area contributed by atoms with E-state index in [0.717, 1.165) is 37.1 Å². The van der Waals surface area contributed by atoms with Crippen LogP contribution in [0.4, 0.5) is 5.69 Å². The highest BCUT2D eigenvalue weighted by Crippen LogP contribution is 2.67. The topological polar surface area (TPSA) is 69.5 Å². The molecule has 1 spiro atoms. The third kappa shape index (κ3) is 2.15. The monoisotopic (exact) mass is 450 g/mol. The molecule has 5 nitrogen and oxygen atoms in total. The molecule has 2 bridgehead atoms. The predicted molar refractivity (Wildman–Crippen MR) is 117 cm³/mol. The lowest BCUT2D eigenvalue weighted by molar-refractivity contribution is -0.524. The summed E-state index contributed by atoms with van der Waals surface area (Å²) in [5, 5.41) is 25.6. The molecule has 2 aromatic rings. The third-order valence-electron chi connectivity index (χ3n) is 8.47. The number of hydrogen-bond donors (Lipinski definition) is 3. The van der Waals surface area contributed by atoms with Gasteiger partial charge in [0.2, 0.25) is 0 Å². The fourth-order valence-corrected chi connectivity index (χ4v) is 7.39. The van der Waals surface area contributed by atoms with Crippen LogP contribution in [0.5, 0.6) is 11.5 Å². The first-order valence-corrected chi connectivity index (χ1v) is 11.2. The number of likely N-dealkylation sites (tertiary alicyclic amines) is 1. The zero-order chi connectivity index (χ0) is 21.1. The van der Waals surface area contributed by atoms with Crippen LogP contribution >= 0.6 is 0 Å². The number of ether oxygens (including phenoxy) is 1. The average Bonchev–Trinajstić information content (AvgIpc) is 3.27. The van der Waals surface area contributed by atoms with Crippen LogP contribution in [0.25, 0.3) is 5.57 Å². The Hall–Kier alpha value is -2.31. The second kappa shape index (κ2) is 6.39. The second-order valence-corrected chi connectivity index (χ2v) is 10.1. The number of hydrogen-bond acceptors (Lipinski definition) is 4. The zero-order valence-corrected chi connectivity index (χ0v) is 18.8. The summed E-state index contributed by atoms with van der Waals surface area (Å²) in [5.41, 5.74) is 6.69. The molecule has 0 unspecified atom stereocenters. The molecule has 5 aliphatic rings. The summed E-state index contributed by atoms with van der Waals surface area (Å²) >= 11 is 0. The van der Waals surface area contributed by atoms with Gasteiger partial charge in [-0.15, -0.1) is 0 Å². The molecule has 7 rings (SSSR count). The fourth-order valence-electron chi connectivity index (χ4n) is 7.39. The van der Waals surface area contributed by atoms with Gasteiger partial charge in [0.25, 0.3) is 0 Å². The number of nitrogens with two attached hydrogens (primary N) is 1. The van der Waals surface area contributed by atoms with E-state index in [-0.39, 0.29) is 30.3 Å². The molecule has 166 valence electrons. The molecule has 1 fully saturated rings. The summed E-state index contributed by atoms with van der Waals surface area (Å²) in [6.07, 6.45) is 1.91. The van der Waals surface area contributed by atoms with Crippen molar-refractivity contribution in [3.63, 3.8) is 0 Å². The lowest BCUT2D eigenvalue weighted by atomic mass is 9.49. The maximum Gasteiger partial charge on any atom is 0.186 e. The highest BCUT2D eigenvalue weighted by Gasteiger charge is 2.74. The Morgan fingerprint density at radius 1 is 1.28 bits per heavy atom. The number of piperidine rings is 1. The van der Waals surface area contributed by atoms with Gasteiger partial charge in [0.05, 0.1) is 11.0 Å². The van der Waals surface area contributed by atoms with Gasteiger partial charge in [0, 0.05) is 48.3 Å². The summed E-state index contributed by atoms with van der Waals surface area (Å²) in [6, 6.07) is 12.2. The van der Waals surface area contributed by atoms with Crippen molar-refractivity contribution in [1.29, 1.82) is 0 Å². The number of rotatable bonds is 2. The van der Waals surface area contributed by atoms with Crippen LogP contribution in [0, 0.1) is 0 Å². The van der Waals surface area contributed by atoms with E-state index in [0.29, 0.717) is 12.2 Å². The molecular formula is C26H27ClN2O3. The number of nitrogens with zero attached hydrogens (tertiary/aromatic N) is 1. The van der Waals surface area contributed by atoms with Crippen molar-refractivity contribution in [2.24, 2.45) is 0 Å². The number of fused-ring (bicyclic) bond motifs is 3. The number of aliphatic hydroxyl groups is 1. The van der Waals surface area contributed by atoms with Crippen LogP contribution in [0.1, 0.15) is 36.5 Å². The minimum absolute atomic E-state index is 0. The molecule has 0 amide bonds. The van der Waals surface area contributed by atoms with Crippen molar-refractivity contribution in [3.05, 3.63) is 70.9 Å². The molecule has 1 saturated heterocycles. The van der Waals surface area contributed by atoms with Crippen LogP contribution in [-0.2, 0) is 11.8 Å². The third-order valence-corrected chi connectivity index (χ3v) is 8.47. The summed E-state index contributed by atoms with van der Waals surface area (Å²) in [7, 11) is 0. The van der Waals surface area contributed by atoms with Gasteiger partial charge < -0.3 is 27.4 Å². The first-order valence-electron chi connectivity index (χ1n) is 11.2. The minimum atomic E-state index is -0.957. The van der Waals surface area contributed by atoms with Crippen LogP contribution < -0.4 is 22.5 Å². The quantitative estimate of drug-likeness (QED) is 0.420. The van der Waals surface area contributed by atoms with E-state index in [4.69, 9.17) is 4.74 Å². The number of aromatic hydroxyl groups is 1. The lowest BCUT2D eigenvalue weighted by Gasteiger charge is -2.62. The van der Waals surface area contributed by atoms with Gasteiger partial charge in [-0.1, -0.05) is 30.4 Å². The van der Waals surface area contributed by atoms with Gasteiger partial charge >= 0.3 is 0 Å². The van der Waals surface area contributed by atoms with E-state index in [2.05, 4.69) is 48.0 Å². The molecule has 6 heteroatoms. The first kappa shape index (κ1) is 20.3. The normalized spacial score (nSPS) is 33.1. The number of quaternary nitrogens is 1. The van der Waals surface area contributed by atoms with Crippen molar-refractivity contribution in [3.8, 4) is 11.5 Å². The zero-order valence-electron chi connectivity index (χ0n) is 18.1. The Kier molecular flexibility index (Phi) is 4.05. The lowest BCUT2D eigenvalue weighted by Crippen LogP contribution is -3.00. The Labute approximate surface area is 193 Å². The van der Waals surface area contributed by atoms with E-state index < -0.39 is 11.0 Å². The van der Waals surface area contributed by atoms with Crippen LogP contribution in [-0.4, -0.2) is 45.9 Å². The SMILES string of the molecule is C=C(C)CN1CC[C@]23c4c5ccc(O)c4O[C@H]2C2=C(C[C@@]3(O)[C@@H]1C5)c1ccccc1[NH2+]2.[Cl-]. The van der Waals surface area contributed by atoms with Crippen LogP contribution in [0.3, 0.4) is 0 Å². The van der Waals surface area contributed by atoms with Gasteiger partial charge in [-0.3, -0.25) is 10.2 Å². The van der Waals surface area contributed by atoms with Crippen molar-refractivity contribution in [2.45, 2.75) is 49.3 Å². The Morgan fingerprint density at radius 2 is 2.09 bits per heavy atom. The van der Waals surface area contributed by atoms with Gasteiger partial charge in [0.15, 0.2) is 23.3 Å². The first-order chi connectivity index (χ1) is 14.9. The number of halogens is 1. The molecule has 2 aliphatic carbocycles. The number of para-hydroxylation sites is 1. The molecule has 32 heavy (non-hydrogen) atoms. The molecule has 0 aromatic heterocycles. The van der Waals surface area contributed by atoms with Crippen molar-refractivity contribution >= 4 is 11.3 Å². The van der Waals surface area contributed by atoms with E-state index in [1.807, 2.05) is 6.07 Å². The standard InChI is InChI=1S/C26H26N2O3.ClH/c1-14(2)13-28-10-9-25-21-15-7-8-19(29)23(21)31-24(25)22-17(12-26(25,30)20(28)11-15)16-5-3-4-6-18(16)27-22;/h3-8,20,24,27,29-30H,1,9-13H2,2H3;1H/t20-,24-,25-,26+;/m0./s1. The highest BCUT2D eigenvalue weighted by molar-refractivity contribution is 5.82. The molecule has 4 N–H and O–H groups in total. The van der Waals surface area contributed by atoms with E-state index >= 15 is 0 Å². The minimum Gasteiger partial charge on any atom is -1.00 e. The van der Waals surface area contributed by atoms with Gasteiger partial charge in [-0.25, -0.2) is 0 Å². The van der Waals surface area contributed by atoms with E-state index in [9.17, 15) is 10.2 Å². The van der Waals surface area contributed by atoms with Crippen LogP contribution in [0.15, 0.2) is 54.2 Å². The number of benzene rings is 2. The van der Waals surface area contributed by atoms with Crippen molar-refractivity contribution < 1.29 is 32.7 Å². The van der Waals surface area contributed by atoms with Gasteiger partial charge in [-0.05, 0) is 37.5 Å². The molecular weight excluding hydrogens is 424 g/mol. The van der Waals surface area contributed by atoms with Crippen molar-refractivity contribution in [1.82, 2.24) is 4.90 Å². The molecule has 3 heterocycles. The van der Waals surface area contributed by atoms with Gasteiger partial charge in [-0.2, -0.15) is 0 Å². The Balaban J connectivity index is 0.00000196. The maximum absolute atomic E-state index is 12.7. The predicted octanol–water partition coefficient (Wildman–Crippen LogP) is -0.644. The van der Waals surface area contributed by atoms with E-state index in [1.54, 1.807) is 6.07 Å². The Bertz CT molecular complexity index is 1220. The largest absolute Gasteiger partial charge is 1.00 e. The van der Waals surface area contributed by atoms with Crippen LogP contribution in [0.2, 0.25) is 0 Å². The van der Waals surface area contributed by atoms with Crippen molar-refractivity contribution in [2.75, 3.05) is 13.1 Å². The average molecular weight is 451 g/mol. The second-order valence-electron chi connectivity index (χ2n) is 10.1. The summed E-state index contributed by atoms with van der Waals surface area (Å²) in [5.74, 6) is 0.774. The van der Waals surface area contributed by atoms with E-state index in [1.165, 1.54) is 28.1 Å². The summed E-state index contributed by atoms with van der Waals surface area (Å²) in [6.45, 7) is 7.90. The molecule has 0 saturated carbocycles. The summed E-state index contributed by atoms with van der Waals surface area (Å²) < 4.78 is 6.60. The Morgan fingerprint density at radius 3 is 2.91 bits per heavy atom. The maximum atomic E-state index is 12.7. The molecule has 3 aliphatic heterocycles. The highest BCUT2D eigenvalue weighted by atomic mass is 35.5.